The van der Waals surface area contributed by atoms with E-state index in [9.17, 15) is 21.6 Å². The average Bonchev–Trinajstić information content (AvgIpc) is 2.98. The van der Waals surface area contributed by atoms with Gasteiger partial charge in [0.2, 0.25) is 10.0 Å². The molecule has 4 nitrogen and oxygen atoms in total. The van der Waals surface area contributed by atoms with Gasteiger partial charge in [0.1, 0.15) is 10.6 Å². The largest absolute Gasteiger partial charge is 0.489 e. The summed E-state index contributed by atoms with van der Waals surface area (Å²) in [6, 6.07) is 2.93. The standard InChI is InChI=1S/C10H10F3NO3S/c11-10(12,13)7-2-1-3-8(17-6-4-5-6)9(7)18(14,15)16/h1-3,6H,4-5H2,(H2,14,15,16). The molecule has 8 heteroatoms. The van der Waals surface area contributed by atoms with Crippen molar-refractivity contribution in [2.75, 3.05) is 0 Å². The number of benzene rings is 1. The summed E-state index contributed by atoms with van der Waals surface area (Å²) in [4.78, 5) is -0.996. The smallest absolute Gasteiger partial charge is 0.417 e. The molecular formula is C10H10F3NO3S. The van der Waals surface area contributed by atoms with Crippen molar-refractivity contribution in [3.05, 3.63) is 23.8 Å². The van der Waals surface area contributed by atoms with Crippen molar-refractivity contribution in [3.8, 4) is 5.75 Å². The Morgan fingerprint density at radius 3 is 2.33 bits per heavy atom. The molecule has 0 aromatic heterocycles. The minimum absolute atomic E-state index is 0.228. The third-order valence-electron chi connectivity index (χ3n) is 2.39. The van der Waals surface area contributed by atoms with Crippen LogP contribution < -0.4 is 9.88 Å². The minimum atomic E-state index is -4.80. The Labute approximate surface area is 102 Å². The lowest BCUT2D eigenvalue weighted by molar-refractivity contribution is -0.140. The molecule has 0 saturated heterocycles. The molecule has 0 radical (unpaired) electrons. The van der Waals surface area contributed by atoms with Crippen LogP contribution in [0.5, 0.6) is 5.75 Å². The van der Waals surface area contributed by atoms with E-state index in [0.29, 0.717) is 18.9 Å². The second-order valence-electron chi connectivity index (χ2n) is 3.99. The fourth-order valence-corrected chi connectivity index (χ4v) is 2.38. The number of ether oxygens (including phenoxy) is 1. The topological polar surface area (TPSA) is 69.4 Å². The van der Waals surface area contributed by atoms with Gasteiger partial charge in [-0.3, -0.25) is 0 Å². The molecule has 0 heterocycles. The van der Waals surface area contributed by atoms with Gasteiger partial charge < -0.3 is 4.74 Å². The third-order valence-corrected chi connectivity index (χ3v) is 3.38. The summed E-state index contributed by atoms with van der Waals surface area (Å²) in [7, 11) is -4.51. The lowest BCUT2D eigenvalue weighted by atomic mass is 10.2. The molecule has 18 heavy (non-hydrogen) atoms. The highest BCUT2D eigenvalue weighted by Gasteiger charge is 2.39. The molecule has 0 bridgehead atoms. The molecular weight excluding hydrogens is 271 g/mol. The van der Waals surface area contributed by atoms with Gasteiger partial charge in [0, 0.05) is 0 Å². The summed E-state index contributed by atoms with van der Waals surface area (Å²) in [5.41, 5.74) is -1.30. The molecule has 0 amide bonds. The number of nitrogens with two attached hydrogens (primary N) is 1. The summed E-state index contributed by atoms with van der Waals surface area (Å²) in [6.45, 7) is 0. The minimum Gasteiger partial charge on any atom is -0.489 e. The normalized spacial score (nSPS) is 16.7. The van der Waals surface area contributed by atoms with Gasteiger partial charge in [-0.15, -0.1) is 0 Å². The van der Waals surface area contributed by atoms with Gasteiger partial charge in [-0.2, -0.15) is 13.2 Å². The maximum atomic E-state index is 12.7. The van der Waals surface area contributed by atoms with E-state index in [1.54, 1.807) is 0 Å². The first-order valence-electron chi connectivity index (χ1n) is 5.09. The Morgan fingerprint density at radius 2 is 1.89 bits per heavy atom. The van der Waals surface area contributed by atoms with Crippen molar-refractivity contribution >= 4 is 10.0 Å². The van der Waals surface area contributed by atoms with Crippen LogP contribution in [0.4, 0.5) is 13.2 Å². The second kappa shape index (κ2) is 4.13. The molecule has 1 aromatic carbocycles. The van der Waals surface area contributed by atoms with Crippen molar-refractivity contribution < 1.29 is 26.3 Å². The van der Waals surface area contributed by atoms with E-state index in [2.05, 4.69) is 0 Å². The Bertz CT molecular complexity index is 564. The van der Waals surface area contributed by atoms with Crippen LogP contribution in [0.3, 0.4) is 0 Å². The van der Waals surface area contributed by atoms with E-state index >= 15 is 0 Å². The molecule has 1 saturated carbocycles. The fourth-order valence-electron chi connectivity index (χ4n) is 1.49. The molecule has 1 fully saturated rings. The quantitative estimate of drug-likeness (QED) is 0.919. The van der Waals surface area contributed by atoms with Gasteiger partial charge in [-0.05, 0) is 25.0 Å². The molecule has 0 unspecified atom stereocenters. The zero-order chi connectivity index (χ0) is 13.6. The zero-order valence-electron chi connectivity index (χ0n) is 9.07. The maximum absolute atomic E-state index is 12.7. The lowest BCUT2D eigenvalue weighted by Gasteiger charge is -2.15. The molecule has 100 valence electrons. The number of alkyl halides is 3. The number of halogens is 3. The van der Waals surface area contributed by atoms with Crippen LogP contribution in [0.15, 0.2) is 23.1 Å². The van der Waals surface area contributed by atoms with E-state index in [0.717, 1.165) is 6.07 Å². The first-order valence-corrected chi connectivity index (χ1v) is 6.64. The molecule has 2 N–H and O–H groups in total. The predicted octanol–water partition coefficient (Wildman–Crippen LogP) is 1.89. The highest BCUT2D eigenvalue weighted by Crippen LogP contribution is 2.39. The molecule has 1 aliphatic carbocycles. The Kier molecular flexibility index (Phi) is 3.02. The molecule has 0 aliphatic heterocycles. The van der Waals surface area contributed by atoms with Crippen molar-refractivity contribution in [2.45, 2.75) is 30.0 Å². The highest BCUT2D eigenvalue weighted by atomic mass is 32.2. The van der Waals surface area contributed by atoms with Crippen molar-refractivity contribution in [3.63, 3.8) is 0 Å². The van der Waals surface area contributed by atoms with Crippen LogP contribution >= 0.6 is 0 Å². The summed E-state index contributed by atoms with van der Waals surface area (Å²) in [5.74, 6) is -0.338. The Morgan fingerprint density at radius 1 is 1.28 bits per heavy atom. The van der Waals surface area contributed by atoms with Gasteiger partial charge in [0.05, 0.1) is 11.7 Å². The van der Waals surface area contributed by atoms with E-state index in [4.69, 9.17) is 9.88 Å². The number of rotatable bonds is 3. The van der Waals surface area contributed by atoms with Gasteiger partial charge >= 0.3 is 6.18 Å². The number of hydrogen-bond acceptors (Lipinski definition) is 3. The molecule has 1 aliphatic rings. The lowest BCUT2D eigenvalue weighted by Crippen LogP contribution is -2.20. The highest BCUT2D eigenvalue weighted by molar-refractivity contribution is 7.89. The van der Waals surface area contributed by atoms with Crippen LogP contribution in [0.2, 0.25) is 0 Å². The summed E-state index contributed by atoms with van der Waals surface area (Å²) < 4.78 is 66.0. The monoisotopic (exact) mass is 281 g/mol. The van der Waals surface area contributed by atoms with E-state index in [1.807, 2.05) is 0 Å². The number of sulfonamides is 1. The van der Waals surface area contributed by atoms with Crippen LogP contribution in [-0.2, 0) is 16.2 Å². The average molecular weight is 281 g/mol. The van der Waals surface area contributed by atoms with Gasteiger partial charge in [-0.25, -0.2) is 13.6 Å². The second-order valence-corrected chi connectivity index (χ2v) is 5.49. The molecule has 2 rings (SSSR count). The zero-order valence-corrected chi connectivity index (χ0v) is 9.88. The first-order chi connectivity index (χ1) is 8.19. The van der Waals surface area contributed by atoms with Crippen LogP contribution in [-0.4, -0.2) is 14.5 Å². The number of hydrogen-bond donors (Lipinski definition) is 1. The van der Waals surface area contributed by atoms with E-state index in [1.165, 1.54) is 6.07 Å². The van der Waals surface area contributed by atoms with E-state index in [-0.39, 0.29) is 11.9 Å². The van der Waals surface area contributed by atoms with Crippen LogP contribution in [0.1, 0.15) is 18.4 Å². The Hall–Kier alpha value is -1.28. The SMILES string of the molecule is NS(=O)(=O)c1c(OC2CC2)cccc1C(F)(F)F. The van der Waals surface area contributed by atoms with Crippen molar-refractivity contribution in [1.29, 1.82) is 0 Å². The van der Waals surface area contributed by atoms with Gasteiger partial charge in [-0.1, -0.05) is 6.07 Å². The first kappa shape index (κ1) is 13.2. The van der Waals surface area contributed by atoms with Crippen LogP contribution in [0, 0.1) is 0 Å². The summed E-state index contributed by atoms with van der Waals surface area (Å²) in [6.07, 6.45) is -3.64. The maximum Gasteiger partial charge on any atom is 0.417 e. The molecule has 0 spiro atoms. The molecule has 0 atom stereocenters. The van der Waals surface area contributed by atoms with Crippen molar-refractivity contribution in [1.82, 2.24) is 0 Å². The Balaban J connectivity index is 2.59. The third kappa shape index (κ3) is 2.75. The summed E-state index contributed by atoms with van der Waals surface area (Å²) in [5, 5.41) is 4.84. The molecule has 1 aromatic rings. The van der Waals surface area contributed by atoms with Gasteiger partial charge in [0.15, 0.2) is 0 Å². The van der Waals surface area contributed by atoms with E-state index < -0.39 is 26.7 Å². The predicted molar refractivity (Wildman–Crippen MR) is 56.5 cm³/mol. The number of primary sulfonamides is 1. The summed E-state index contributed by atoms with van der Waals surface area (Å²) >= 11 is 0. The van der Waals surface area contributed by atoms with Crippen molar-refractivity contribution in [2.24, 2.45) is 5.14 Å². The van der Waals surface area contributed by atoms with Crippen LogP contribution in [0.25, 0.3) is 0 Å². The fraction of sp³-hybridized carbons (Fsp3) is 0.400. The van der Waals surface area contributed by atoms with Gasteiger partial charge in [0.25, 0.3) is 0 Å².